The molecule has 26 heavy (non-hydrogen) atoms. The monoisotopic (exact) mass is 419 g/mol. The largest absolute Gasteiger partial charge is 0.493 e. The van der Waals surface area contributed by atoms with Crippen LogP contribution in [0.25, 0.3) is 6.08 Å². The summed E-state index contributed by atoms with van der Waals surface area (Å²) in [6, 6.07) is 10.2. The van der Waals surface area contributed by atoms with Crippen LogP contribution in [0, 0.1) is 0 Å². The van der Waals surface area contributed by atoms with Crippen molar-refractivity contribution < 1.29 is 23.8 Å². The summed E-state index contributed by atoms with van der Waals surface area (Å²) in [4.78, 5) is 24.0. The van der Waals surface area contributed by atoms with Crippen LogP contribution in [0.5, 0.6) is 11.5 Å². The van der Waals surface area contributed by atoms with Crippen molar-refractivity contribution in [1.29, 1.82) is 0 Å². The number of esters is 1. The molecule has 0 aliphatic carbocycles. The van der Waals surface area contributed by atoms with Crippen LogP contribution in [-0.2, 0) is 9.53 Å². The molecule has 1 N–H and O–H groups in total. The van der Waals surface area contributed by atoms with Crippen LogP contribution in [-0.4, -0.2) is 33.2 Å². The molecule has 1 amide bonds. The number of hydrogen-bond donors (Lipinski definition) is 1. The molecule has 136 valence electrons. The van der Waals surface area contributed by atoms with Crippen LogP contribution in [0.2, 0.25) is 0 Å². The first-order valence-electron chi connectivity index (χ1n) is 7.57. The first-order valence-corrected chi connectivity index (χ1v) is 8.36. The maximum absolute atomic E-state index is 12.2. The predicted octanol–water partition coefficient (Wildman–Crippen LogP) is 3.90. The van der Waals surface area contributed by atoms with Crippen molar-refractivity contribution in [1.82, 2.24) is 0 Å². The van der Waals surface area contributed by atoms with Gasteiger partial charge in [-0.3, -0.25) is 4.79 Å². The lowest BCUT2D eigenvalue weighted by molar-refractivity contribution is -0.111. The molecule has 2 aromatic rings. The molecule has 0 unspecified atom stereocenters. The average molecular weight is 420 g/mol. The smallest absolute Gasteiger partial charge is 0.340 e. The third-order valence-corrected chi connectivity index (χ3v) is 3.97. The average Bonchev–Trinajstić information content (AvgIpc) is 2.66. The van der Waals surface area contributed by atoms with E-state index in [1.807, 2.05) is 0 Å². The van der Waals surface area contributed by atoms with Crippen LogP contribution in [0.15, 0.2) is 46.9 Å². The molecule has 0 bridgehead atoms. The van der Waals surface area contributed by atoms with Crippen LogP contribution < -0.4 is 14.8 Å². The number of nitrogens with one attached hydrogen (secondary N) is 1. The highest BCUT2D eigenvalue weighted by atomic mass is 79.9. The van der Waals surface area contributed by atoms with Crippen LogP contribution in [0.3, 0.4) is 0 Å². The molecule has 0 aliphatic rings. The number of benzene rings is 2. The van der Waals surface area contributed by atoms with Crippen LogP contribution in [0.1, 0.15) is 15.9 Å². The molecule has 0 atom stereocenters. The Morgan fingerprint density at radius 3 is 2.38 bits per heavy atom. The van der Waals surface area contributed by atoms with Gasteiger partial charge in [0.05, 0.1) is 32.6 Å². The fourth-order valence-electron chi connectivity index (χ4n) is 2.21. The lowest BCUT2D eigenvalue weighted by Crippen LogP contribution is -2.13. The number of carbonyl (C=O) groups excluding carboxylic acids is 2. The van der Waals surface area contributed by atoms with Gasteiger partial charge < -0.3 is 19.5 Å². The molecular formula is C19H18BrNO5. The van der Waals surface area contributed by atoms with Crippen molar-refractivity contribution in [3.8, 4) is 11.5 Å². The third-order valence-electron chi connectivity index (χ3n) is 3.48. The predicted molar refractivity (Wildman–Crippen MR) is 103 cm³/mol. The molecule has 0 saturated carbocycles. The van der Waals surface area contributed by atoms with E-state index in [0.29, 0.717) is 21.7 Å². The number of ether oxygens (including phenoxy) is 3. The van der Waals surface area contributed by atoms with Crippen LogP contribution >= 0.6 is 15.9 Å². The van der Waals surface area contributed by atoms with Crippen molar-refractivity contribution in [2.45, 2.75) is 0 Å². The zero-order chi connectivity index (χ0) is 19.1. The third kappa shape index (κ3) is 4.86. The van der Waals surface area contributed by atoms with E-state index < -0.39 is 5.97 Å². The van der Waals surface area contributed by atoms with E-state index in [1.165, 1.54) is 13.2 Å². The van der Waals surface area contributed by atoms with E-state index in [9.17, 15) is 9.59 Å². The van der Waals surface area contributed by atoms with Gasteiger partial charge >= 0.3 is 5.97 Å². The summed E-state index contributed by atoms with van der Waals surface area (Å²) in [5.74, 6) is 0.250. The highest BCUT2D eigenvalue weighted by Crippen LogP contribution is 2.28. The van der Waals surface area contributed by atoms with E-state index in [-0.39, 0.29) is 11.5 Å². The van der Waals surface area contributed by atoms with E-state index in [1.54, 1.807) is 56.7 Å². The maximum atomic E-state index is 12.2. The Labute approximate surface area is 159 Å². The molecule has 0 heterocycles. The van der Waals surface area contributed by atoms with Gasteiger partial charge in [0, 0.05) is 10.5 Å². The molecule has 0 saturated heterocycles. The Morgan fingerprint density at radius 2 is 1.73 bits per heavy atom. The molecule has 0 spiro atoms. The van der Waals surface area contributed by atoms with Crippen molar-refractivity contribution in [3.63, 3.8) is 0 Å². The standard InChI is InChI=1S/C19H18BrNO5/c1-24-16-8-4-12(10-17(16)25-2)5-9-18(22)21-15-7-6-13(20)11-14(15)19(23)26-3/h4-11H,1-3H3,(H,21,22). The molecule has 2 rings (SSSR count). The molecule has 0 fully saturated rings. The second-order valence-corrected chi connectivity index (χ2v) is 6.03. The van der Waals surface area contributed by atoms with Gasteiger partial charge in [0.15, 0.2) is 11.5 Å². The zero-order valence-corrected chi connectivity index (χ0v) is 16.1. The van der Waals surface area contributed by atoms with Crippen LogP contribution in [0.4, 0.5) is 5.69 Å². The first-order chi connectivity index (χ1) is 12.5. The molecule has 0 aromatic heterocycles. The second-order valence-electron chi connectivity index (χ2n) is 5.12. The second kappa shape index (κ2) is 9.05. The number of halogens is 1. The lowest BCUT2D eigenvalue weighted by Gasteiger charge is -2.09. The summed E-state index contributed by atoms with van der Waals surface area (Å²) >= 11 is 3.29. The normalized spacial score (nSPS) is 10.5. The first kappa shape index (κ1) is 19.5. The number of carbonyl (C=O) groups is 2. The van der Waals surface area contributed by atoms with Gasteiger partial charge in [-0.05, 0) is 42.0 Å². The Bertz CT molecular complexity index is 848. The molecule has 7 heteroatoms. The zero-order valence-electron chi connectivity index (χ0n) is 14.5. The summed E-state index contributed by atoms with van der Waals surface area (Å²) in [6.07, 6.45) is 3.00. The van der Waals surface area contributed by atoms with Gasteiger partial charge in [0.25, 0.3) is 0 Å². The number of hydrogen-bond acceptors (Lipinski definition) is 5. The van der Waals surface area contributed by atoms with Gasteiger partial charge in [-0.2, -0.15) is 0 Å². The minimum Gasteiger partial charge on any atom is -0.493 e. The van der Waals surface area contributed by atoms with E-state index >= 15 is 0 Å². The number of amides is 1. The molecule has 6 nitrogen and oxygen atoms in total. The van der Waals surface area contributed by atoms with Crippen molar-refractivity contribution >= 4 is 39.6 Å². The van der Waals surface area contributed by atoms with E-state index in [4.69, 9.17) is 14.2 Å². The summed E-state index contributed by atoms with van der Waals surface area (Å²) in [6.45, 7) is 0. The summed E-state index contributed by atoms with van der Waals surface area (Å²) < 4.78 is 15.8. The quantitative estimate of drug-likeness (QED) is 0.567. The Morgan fingerprint density at radius 1 is 1.00 bits per heavy atom. The highest BCUT2D eigenvalue weighted by molar-refractivity contribution is 9.10. The number of methoxy groups -OCH3 is 3. The topological polar surface area (TPSA) is 73.9 Å². The summed E-state index contributed by atoms with van der Waals surface area (Å²) in [7, 11) is 4.38. The van der Waals surface area contributed by atoms with E-state index in [2.05, 4.69) is 21.2 Å². The fraction of sp³-hybridized carbons (Fsp3) is 0.158. The molecule has 2 aromatic carbocycles. The van der Waals surface area contributed by atoms with Crippen molar-refractivity contribution in [2.75, 3.05) is 26.6 Å². The summed E-state index contributed by atoms with van der Waals surface area (Å²) in [5.41, 5.74) is 1.39. The lowest BCUT2D eigenvalue weighted by atomic mass is 10.1. The molecular weight excluding hydrogens is 402 g/mol. The Hall–Kier alpha value is -2.80. The van der Waals surface area contributed by atoms with Gasteiger partial charge in [-0.25, -0.2) is 4.79 Å². The van der Waals surface area contributed by atoms with Crippen molar-refractivity contribution in [3.05, 3.63) is 58.1 Å². The van der Waals surface area contributed by atoms with E-state index in [0.717, 1.165) is 5.56 Å². The van der Waals surface area contributed by atoms with Gasteiger partial charge in [0.1, 0.15) is 0 Å². The highest BCUT2D eigenvalue weighted by Gasteiger charge is 2.13. The Balaban J connectivity index is 2.16. The summed E-state index contributed by atoms with van der Waals surface area (Å²) in [5, 5.41) is 2.67. The maximum Gasteiger partial charge on any atom is 0.340 e. The Kier molecular flexibility index (Phi) is 6.80. The van der Waals surface area contributed by atoms with Gasteiger partial charge in [-0.15, -0.1) is 0 Å². The minimum atomic E-state index is -0.537. The van der Waals surface area contributed by atoms with Gasteiger partial charge in [-0.1, -0.05) is 22.0 Å². The fourth-order valence-corrected chi connectivity index (χ4v) is 2.57. The van der Waals surface area contributed by atoms with Crippen molar-refractivity contribution in [2.24, 2.45) is 0 Å². The SMILES string of the molecule is COC(=O)c1cc(Br)ccc1NC(=O)C=Cc1ccc(OC)c(OC)c1. The minimum absolute atomic E-state index is 0.259. The molecule has 0 aliphatic heterocycles. The van der Waals surface area contributed by atoms with Gasteiger partial charge in [0.2, 0.25) is 5.91 Å². The number of rotatable bonds is 6. The molecule has 0 radical (unpaired) electrons. The number of anilines is 1.